The monoisotopic (exact) mass is 489 g/mol. The highest BCUT2D eigenvalue weighted by atomic mass is 127. The third-order valence-corrected chi connectivity index (χ3v) is 4.85. The van der Waals surface area contributed by atoms with Crippen LogP contribution in [0.4, 0.5) is 0 Å². The van der Waals surface area contributed by atoms with Crippen molar-refractivity contribution in [3.05, 3.63) is 51.8 Å². The van der Waals surface area contributed by atoms with E-state index in [0.717, 1.165) is 23.2 Å². The van der Waals surface area contributed by atoms with Gasteiger partial charge in [0.1, 0.15) is 0 Å². The Balaban J connectivity index is 0.00000338. The summed E-state index contributed by atoms with van der Waals surface area (Å²) in [6.07, 6.45) is 0. The zero-order valence-electron chi connectivity index (χ0n) is 16.4. The maximum atomic E-state index is 6.13. The summed E-state index contributed by atoms with van der Waals surface area (Å²) >= 11 is 6.13. The first-order chi connectivity index (χ1) is 11.7. The Morgan fingerprint density at radius 1 is 1.27 bits per heavy atom. The van der Waals surface area contributed by atoms with Gasteiger partial charge in [0.05, 0.1) is 5.69 Å². The normalized spacial score (nSPS) is 11.9. The number of aromatic nitrogens is 2. The second kappa shape index (κ2) is 9.60. The van der Waals surface area contributed by atoms with Gasteiger partial charge < -0.3 is 10.6 Å². The minimum absolute atomic E-state index is 0. The largest absolute Gasteiger partial charge is 0.356 e. The Morgan fingerprint density at radius 3 is 2.50 bits per heavy atom. The van der Waals surface area contributed by atoms with Crippen molar-refractivity contribution in [3.8, 4) is 0 Å². The van der Waals surface area contributed by atoms with Crippen molar-refractivity contribution in [1.82, 2.24) is 20.4 Å². The van der Waals surface area contributed by atoms with Crippen LogP contribution in [-0.2, 0) is 19.0 Å². The molecule has 0 bridgehead atoms. The lowest BCUT2D eigenvalue weighted by Gasteiger charge is -2.27. The quantitative estimate of drug-likeness (QED) is 0.380. The lowest BCUT2D eigenvalue weighted by molar-refractivity contribution is 0.508. The summed E-state index contributed by atoms with van der Waals surface area (Å²) < 4.78 is 1.91. The van der Waals surface area contributed by atoms with Gasteiger partial charge in [0, 0.05) is 48.9 Å². The molecule has 0 fully saturated rings. The third kappa shape index (κ3) is 5.61. The molecule has 0 atom stereocenters. The van der Waals surface area contributed by atoms with E-state index in [0.29, 0.717) is 6.54 Å². The molecule has 0 radical (unpaired) electrons. The van der Waals surface area contributed by atoms with Crippen molar-refractivity contribution < 1.29 is 0 Å². The van der Waals surface area contributed by atoms with Crippen LogP contribution < -0.4 is 10.6 Å². The first-order valence-electron chi connectivity index (χ1n) is 8.44. The molecular formula is C19H29ClIN5. The molecule has 1 aromatic carbocycles. The van der Waals surface area contributed by atoms with Gasteiger partial charge in [0.15, 0.2) is 5.96 Å². The molecule has 0 aliphatic heterocycles. The summed E-state index contributed by atoms with van der Waals surface area (Å²) in [6.45, 7) is 9.93. The molecule has 26 heavy (non-hydrogen) atoms. The number of hydrogen-bond acceptors (Lipinski definition) is 2. The van der Waals surface area contributed by atoms with Gasteiger partial charge in [0.25, 0.3) is 0 Å². The molecule has 5 nitrogen and oxygen atoms in total. The van der Waals surface area contributed by atoms with E-state index in [1.54, 1.807) is 7.05 Å². The Kier molecular flexibility index (Phi) is 8.40. The van der Waals surface area contributed by atoms with Gasteiger partial charge in [-0.2, -0.15) is 5.10 Å². The average Bonchev–Trinajstić information content (AvgIpc) is 2.80. The van der Waals surface area contributed by atoms with Crippen molar-refractivity contribution in [2.24, 2.45) is 12.0 Å². The standard InChI is InChI=1S/C19H28ClN5.HI/c1-13-17(14(2)25(6)24-13)11-22-18(21-5)23-12-19(3,4)15-8-7-9-16(20)10-15;/h7-10H,11-12H2,1-6H3,(H2,21,22,23);1H. The smallest absolute Gasteiger partial charge is 0.191 e. The van der Waals surface area contributed by atoms with E-state index in [1.165, 1.54) is 16.8 Å². The van der Waals surface area contributed by atoms with E-state index in [2.05, 4.69) is 47.6 Å². The van der Waals surface area contributed by atoms with Crippen molar-refractivity contribution in [1.29, 1.82) is 0 Å². The van der Waals surface area contributed by atoms with Gasteiger partial charge >= 0.3 is 0 Å². The van der Waals surface area contributed by atoms with Gasteiger partial charge in [-0.3, -0.25) is 9.67 Å². The van der Waals surface area contributed by atoms with E-state index < -0.39 is 0 Å². The zero-order chi connectivity index (χ0) is 18.6. The highest BCUT2D eigenvalue weighted by Gasteiger charge is 2.21. The number of nitrogens with one attached hydrogen (secondary N) is 2. The molecule has 0 spiro atoms. The number of aryl methyl sites for hydroxylation is 2. The Morgan fingerprint density at radius 2 is 1.96 bits per heavy atom. The van der Waals surface area contributed by atoms with Crippen LogP contribution in [0.25, 0.3) is 0 Å². The number of halogens is 2. The molecule has 7 heteroatoms. The molecule has 0 saturated carbocycles. The van der Waals surface area contributed by atoms with Crippen LogP contribution in [0.1, 0.15) is 36.4 Å². The fraction of sp³-hybridized carbons (Fsp3) is 0.474. The number of aliphatic imine (C=N–C) groups is 1. The maximum absolute atomic E-state index is 6.13. The third-order valence-electron chi connectivity index (χ3n) is 4.62. The molecule has 0 amide bonds. The molecule has 0 aliphatic carbocycles. The van der Waals surface area contributed by atoms with Crippen LogP contribution in [0.2, 0.25) is 5.02 Å². The van der Waals surface area contributed by atoms with Gasteiger partial charge in [-0.15, -0.1) is 24.0 Å². The number of hydrogen-bond donors (Lipinski definition) is 2. The van der Waals surface area contributed by atoms with Gasteiger partial charge in [-0.25, -0.2) is 0 Å². The Labute approximate surface area is 178 Å². The van der Waals surface area contributed by atoms with Crippen molar-refractivity contribution in [2.45, 2.75) is 39.7 Å². The minimum atomic E-state index is -0.0668. The SMILES string of the molecule is CN=C(NCc1c(C)nn(C)c1C)NCC(C)(C)c1cccc(Cl)c1.I. The van der Waals surface area contributed by atoms with Crippen LogP contribution in [0.3, 0.4) is 0 Å². The molecule has 144 valence electrons. The maximum Gasteiger partial charge on any atom is 0.191 e. The summed E-state index contributed by atoms with van der Waals surface area (Å²) in [5, 5.41) is 12.0. The molecule has 0 saturated heterocycles. The van der Waals surface area contributed by atoms with Crippen molar-refractivity contribution in [3.63, 3.8) is 0 Å². The number of guanidine groups is 1. The van der Waals surface area contributed by atoms with Crippen LogP contribution >= 0.6 is 35.6 Å². The van der Waals surface area contributed by atoms with Gasteiger partial charge in [-0.1, -0.05) is 37.6 Å². The number of nitrogens with zero attached hydrogens (tertiary/aromatic N) is 3. The van der Waals surface area contributed by atoms with E-state index in [-0.39, 0.29) is 29.4 Å². The summed E-state index contributed by atoms with van der Waals surface area (Å²) in [4.78, 5) is 4.32. The van der Waals surface area contributed by atoms with Crippen LogP contribution in [-0.4, -0.2) is 29.3 Å². The summed E-state index contributed by atoms with van der Waals surface area (Å²) in [6, 6.07) is 8.00. The molecular weight excluding hydrogens is 461 g/mol. The molecule has 1 heterocycles. The van der Waals surface area contributed by atoms with Crippen LogP contribution in [0.5, 0.6) is 0 Å². The Hall–Kier alpha value is -1.28. The number of benzene rings is 1. The highest BCUT2D eigenvalue weighted by Crippen LogP contribution is 2.24. The second-order valence-corrected chi connectivity index (χ2v) is 7.38. The number of rotatable bonds is 5. The predicted molar refractivity (Wildman–Crippen MR) is 121 cm³/mol. The van der Waals surface area contributed by atoms with E-state index in [4.69, 9.17) is 11.6 Å². The summed E-state index contributed by atoms with van der Waals surface area (Å²) in [7, 11) is 3.75. The highest BCUT2D eigenvalue weighted by molar-refractivity contribution is 14.0. The van der Waals surface area contributed by atoms with Crippen LogP contribution in [0.15, 0.2) is 29.3 Å². The van der Waals surface area contributed by atoms with Crippen LogP contribution in [0, 0.1) is 13.8 Å². The van der Waals surface area contributed by atoms with Crippen molar-refractivity contribution >= 4 is 41.5 Å². The fourth-order valence-electron chi connectivity index (χ4n) is 2.78. The lowest BCUT2D eigenvalue weighted by atomic mass is 9.84. The predicted octanol–water partition coefficient (Wildman–Crippen LogP) is 3.95. The molecule has 2 rings (SSSR count). The van der Waals surface area contributed by atoms with Crippen molar-refractivity contribution in [2.75, 3.05) is 13.6 Å². The first-order valence-corrected chi connectivity index (χ1v) is 8.82. The minimum Gasteiger partial charge on any atom is -0.356 e. The van der Waals surface area contributed by atoms with E-state index in [9.17, 15) is 0 Å². The second-order valence-electron chi connectivity index (χ2n) is 6.95. The lowest BCUT2D eigenvalue weighted by Crippen LogP contribution is -2.43. The molecule has 2 N–H and O–H groups in total. The topological polar surface area (TPSA) is 54.2 Å². The first kappa shape index (κ1) is 22.8. The van der Waals surface area contributed by atoms with Gasteiger partial charge in [-0.05, 0) is 31.5 Å². The molecule has 2 aromatic rings. The molecule has 1 aromatic heterocycles. The van der Waals surface area contributed by atoms with E-state index in [1.807, 2.05) is 36.9 Å². The average molecular weight is 490 g/mol. The molecule has 0 aliphatic rings. The summed E-state index contributed by atoms with van der Waals surface area (Å²) in [5.74, 6) is 0.776. The fourth-order valence-corrected chi connectivity index (χ4v) is 2.97. The Bertz CT molecular complexity index is 767. The summed E-state index contributed by atoms with van der Waals surface area (Å²) in [5.41, 5.74) is 4.55. The van der Waals surface area contributed by atoms with E-state index >= 15 is 0 Å². The zero-order valence-corrected chi connectivity index (χ0v) is 19.4. The molecule has 0 unspecified atom stereocenters. The van der Waals surface area contributed by atoms with Gasteiger partial charge in [0.2, 0.25) is 0 Å².